The van der Waals surface area contributed by atoms with Gasteiger partial charge in [0.25, 0.3) is 0 Å². The van der Waals surface area contributed by atoms with Crippen molar-refractivity contribution in [3.8, 4) is 0 Å². The first-order chi connectivity index (χ1) is 8.74. The SMILES string of the molecule is COCCN(C1CC1)C(CN)CC(=O)NC1CC1. The third-order valence-corrected chi connectivity index (χ3v) is 3.67. The van der Waals surface area contributed by atoms with Crippen LogP contribution < -0.4 is 11.1 Å². The first-order valence-electron chi connectivity index (χ1n) is 6.98. The molecule has 5 heteroatoms. The first-order valence-corrected chi connectivity index (χ1v) is 6.98. The van der Waals surface area contributed by atoms with Crippen LogP contribution >= 0.6 is 0 Å². The van der Waals surface area contributed by atoms with Gasteiger partial charge in [-0.05, 0) is 25.7 Å². The van der Waals surface area contributed by atoms with E-state index in [0.717, 1.165) is 19.4 Å². The molecule has 2 saturated carbocycles. The predicted molar refractivity (Wildman–Crippen MR) is 70.2 cm³/mol. The molecule has 0 aromatic rings. The van der Waals surface area contributed by atoms with Crippen molar-refractivity contribution >= 4 is 5.91 Å². The zero-order chi connectivity index (χ0) is 13.0. The van der Waals surface area contributed by atoms with Crippen LogP contribution in [0.3, 0.4) is 0 Å². The molecule has 3 N–H and O–H groups in total. The van der Waals surface area contributed by atoms with Crippen molar-refractivity contribution < 1.29 is 9.53 Å². The van der Waals surface area contributed by atoms with Crippen LogP contribution in [0.4, 0.5) is 0 Å². The fraction of sp³-hybridized carbons (Fsp3) is 0.923. The summed E-state index contributed by atoms with van der Waals surface area (Å²) in [4.78, 5) is 14.2. The summed E-state index contributed by atoms with van der Waals surface area (Å²) >= 11 is 0. The maximum absolute atomic E-state index is 11.9. The molecule has 0 aromatic heterocycles. The molecule has 0 saturated heterocycles. The van der Waals surface area contributed by atoms with E-state index >= 15 is 0 Å². The molecule has 0 aromatic carbocycles. The molecule has 0 spiro atoms. The molecule has 18 heavy (non-hydrogen) atoms. The summed E-state index contributed by atoms with van der Waals surface area (Å²) in [6.07, 6.45) is 5.24. The van der Waals surface area contributed by atoms with Gasteiger partial charge in [-0.15, -0.1) is 0 Å². The van der Waals surface area contributed by atoms with Crippen LogP contribution in [-0.2, 0) is 9.53 Å². The summed E-state index contributed by atoms with van der Waals surface area (Å²) in [5, 5.41) is 3.04. The van der Waals surface area contributed by atoms with Gasteiger partial charge in [-0.25, -0.2) is 0 Å². The number of nitrogens with zero attached hydrogens (tertiary/aromatic N) is 1. The van der Waals surface area contributed by atoms with Crippen LogP contribution in [-0.4, -0.2) is 55.7 Å². The average molecular weight is 255 g/mol. The van der Waals surface area contributed by atoms with Gasteiger partial charge in [-0.1, -0.05) is 0 Å². The molecule has 2 fully saturated rings. The van der Waals surface area contributed by atoms with Gasteiger partial charge >= 0.3 is 0 Å². The Balaban J connectivity index is 1.80. The second-order valence-corrected chi connectivity index (χ2v) is 5.40. The van der Waals surface area contributed by atoms with Crippen molar-refractivity contribution in [1.82, 2.24) is 10.2 Å². The molecule has 1 atom stereocenters. The number of nitrogens with one attached hydrogen (secondary N) is 1. The zero-order valence-electron chi connectivity index (χ0n) is 11.2. The Morgan fingerprint density at radius 3 is 2.67 bits per heavy atom. The average Bonchev–Trinajstić information content (AvgIpc) is 3.21. The van der Waals surface area contributed by atoms with Crippen LogP contribution in [0, 0.1) is 0 Å². The highest BCUT2D eigenvalue weighted by Gasteiger charge is 2.34. The van der Waals surface area contributed by atoms with Crippen molar-refractivity contribution in [3.05, 3.63) is 0 Å². The van der Waals surface area contributed by atoms with Crippen LogP contribution in [0.25, 0.3) is 0 Å². The number of rotatable bonds is 9. The lowest BCUT2D eigenvalue weighted by Gasteiger charge is -2.30. The Labute approximate surface area is 109 Å². The van der Waals surface area contributed by atoms with E-state index in [2.05, 4.69) is 10.2 Å². The summed E-state index contributed by atoms with van der Waals surface area (Å²) in [5.74, 6) is 0.149. The van der Waals surface area contributed by atoms with E-state index in [9.17, 15) is 4.79 Å². The monoisotopic (exact) mass is 255 g/mol. The van der Waals surface area contributed by atoms with E-state index in [1.54, 1.807) is 7.11 Å². The minimum absolute atomic E-state index is 0.149. The molecule has 2 rings (SSSR count). The molecule has 1 amide bonds. The molecule has 1 unspecified atom stereocenters. The topological polar surface area (TPSA) is 67.6 Å². The van der Waals surface area contributed by atoms with Gasteiger partial charge in [0.15, 0.2) is 0 Å². The number of nitrogens with two attached hydrogens (primary N) is 1. The molecular weight excluding hydrogens is 230 g/mol. The van der Waals surface area contributed by atoms with E-state index in [-0.39, 0.29) is 11.9 Å². The fourth-order valence-corrected chi connectivity index (χ4v) is 2.33. The highest BCUT2D eigenvalue weighted by molar-refractivity contribution is 5.77. The number of methoxy groups -OCH3 is 1. The first kappa shape index (κ1) is 13.8. The normalized spacial score (nSPS) is 21.1. The van der Waals surface area contributed by atoms with Crippen LogP contribution in [0.15, 0.2) is 0 Å². The summed E-state index contributed by atoms with van der Waals surface area (Å²) in [7, 11) is 1.71. The van der Waals surface area contributed by atoms with E-state index in [1.165, 1.54) is 12.8 Å². The molecule has 2 aliphatic rings. The third kappa shape index (κ3) is 4.23. The molecule has 0 aliphatic heterocycles. The number of carbonyl (C=O) groups is 1. The lowest BCUT2D eigenvalue weighted by molar-refractivity contribution is -0.122. The molecule has 104 valence electrons. The van der Waals surface area contributed by atoms with Crippen molar-refractivity contribution in [2.75, 3.05) is 26.8 Å². The molecule has 0 radical (unpaired) electrons. The molecular formula is C13H25N3O2. The summed E-state index contributed by atoms with van der Waals surface area (Å²) in [6, 6.07) is 1.21. The second kappa shape index (κ2) is 6.50. The van der Waals surface area contributed by atoms with Crippen LogP contribution in [0.2, 0.25) is 0 Å². The maximum atomic E-state index is 11.9. The fourth-order valence-electron chi connectivity index (χ4n) is 2.33. The Hall–Kier alpha value is -0.650. The number of amides is 1. The van der Waals surface area contributed by atoms with Crippen molar-refractivity contribution in [2.24, 2.45) is 5.73 Å². The van der Waals surface area contributed by atoms with E-state index in [4.69, 9.17) is 10.5 Å². The van der Waals surface area contributed by atoms with E-state index < -0.39 is 0 Å². The summed E-state index contributed by atoms with van der Waals surface area (Å²) < 4.78 is 5.14. The summed E-state index contributed by atoms with van der Waals surface area (Å²) in [5.41, 5.74) is 5.84. The molecule has 0 heterocycles. The van der Waals surface area contributed by atoms with Gasteiger partial charge < -0.3 is 15.8 Å². The molecule has 5 nitrogen and oxygen atoms in total. The smallest absolute Gasteiger partial charge is 0.221 e. The van der Waals surface area contributed by atoms with Gasteiger partial charge in [-0.2, -0.15) is 0 Å². The largest absolute Gasteiger partial charge is 0.383 e. The van der Waals surface area contributed by atoms with Crippen molar-refractivity contribution in [2.45, 2.75) is 50.2 Å². The Bertz CT molecular complexity index is 277. The predicted octanol–water partition coefficient (Wildman–Crippen LogP) is 0.0932. The van der Waals surface area contributed by atoms with Gasteiger partial charge in [0.05, 0.1) is 6.61 Å². The Kier molecular flexibility index (Phi) is 4.97. The molecule has 2 aliphatic carbocycles. The molecule has 0 bridgehead atoms. The standard InChI is InChI=1S/C13H25N3O2/c1-18-7-6-16(11-4-5-11)12(9-14)8-13(17)15-10-2-3-10/h10-12H,2-9,14H2,1H3,(H,15,17). The maximum Gasteiger partial charge on any atom is 0.221 e. The number of hydrogen-bond acceptors (Lipinski definition) is 4. The van der Waals surface area contributed by atoms with Crippen molar-refractivity contribution in [3.63, 3.8) is 0 Å². The van der Waals surface area contributed by atoms with Crippen LogP contribution in [0.1, 0.15) is 32.1 Å². The van der Waals surface area contributed by atoms with Gasteiger partial charge in [0.1, 0.15) is 0 Å². The van der Waals surface area contributed by atoms with Gasteiger partial charge in [0, 0.05) is 44.7 Å². The quantitative estimate of drug-likeness (QED) is 0.613. The minimum atomic E-state index is 0.149. The number of hydrogen-bond donors (Lipinski definition) is 2. The third-order valence-electron chi connectivity index (χ3n) is 3.67. The summed E-state index contributed by atoms with van der Waals surface area (Å²) in [6.45, 7) is 2.12. The number of ether oxygens (including phenoxy) is 1. The number of carbonyl (C=O) groups excluding carboxylic acids is 1. The van der Waals surface area contributed by atoms with E-state index in [1.807, 2.05) is 0 Å². The van der Waals surface area contributed by atoms with Crippen molar-refractivity contribution in [1.29, 1.82) is 0 Å². The second-order valence-electron chi connectivity index (χ2n) is 5.40. The van der Waals surface area contributed by atoms with Crippen LogP contribution in [0.5, 0.6) is 0 Å². The lowest BCUT2D eigenvalue weighted by Crippen LogP contribution is -2.46. The Morgan fingerprint density at radius 2 is 2.17 bits per heavy atom. The van der Waals surface area contributed by atoms with E-state index in [0.29, 0.717) is 31.7 Å². The lowest BCUT2D eigenvalue weighted by atomic mass is 10.1. The minimum Gasteiger partial charge on any atom is -0.383 e. The van der Waals surface area contributed by atoms with Gasteiger partial charge in [-0.3, -0.25) is 9.69 Å². The highest BCUT2D eigenvalue weighted by atomic mass is 16.5. The Morgan fingerprint density at radius 1 is 1.44 bits per heavy atom. The van der Waals surface area contributed by atoms with Gasteiger partial charge in [0.2, 0.25) is 5.91 Å². The zero-order valence-corrected chi connectivity index (χ0v) is 11.2. The highest BCUT2D eigenvalue weighted by Crippen LogP contribution is 2.29.